The van der Waals surface area contributed by atoms with E-state index in [9.17, 15) is 18.4 Å². The number of nitrogens with zero attached hydrogens (tertiary/aromatic N) is 2. The van der Waals surface area contributed by atoms with Crippen molar-refractivity contribution >= 4 is 11.7 Å². The molecular formula is C14H20F2N2O2. The SMILES string of the molecule is CC(=O)C12CN(C(=O)C3CCN(C)CC3)CC1C2(F)F. The molecule has 0 N–H and O–H groups in total. The number of likely N-dealkylation sites (tertiary alicyclic amines) is 2. The van der Waals surface area contributed by atoms with Gasteiger partial charge in [-0.2, -0.15) is 0 Å². The van der Waals surface area contributed by atoms with Gasteiger partial charge >= 0.3 is 0 Å². The molecule has 4 nitrogen and oxygen atoms in total. The van der Waals surface area contributed by atoms with Gasteiger partial charge in [-0.05, 0) is 39.9 Å². The van der Waals surface area contributed by atoms with Crippen LogP contribution >= 0.6 is 0 Å². The van der Waals surface area contributed by atoms with E-state index >= 15 is 0 Å². The topological polar surface area (TPSA) is 40.6 Å². The molecule has 0 bridgehead atoms. The molecule has 112 valence electrons. The molecule has 0 spiro atoms. The largest absolute Gasteiger partial charge is 0.341 e. The number of piperidine rings is 2. The summed E-state index contributed by atoms with van der Waals surface area (Å²) in [5.74, 6) is -4.46. The standard InChI is InChI=1S/C14H20F2N2O2/c1-9(19)13-8-18(7-11(13)14(13,15)16)12(20)10-3-5-17(2)6-4-10/h10-11H,3-8H2,1-2H3. The van der Waals surface area contributed by atoms with Crippen molar-refractivity contribution in [1.82, 2.24) is 9.80 Å². The first-order valence-electron chi connectivity index (χ1n) is 7.17. The van der Waals surface area contributed by atoms with Crippen LogP contribution in [0.4, 0.5) is 8.78 Å². The monoisotopic (exact) mass is 286 g/mol. The Bertz CT molecular complexity index is 460. The molecule has 2 unspecified atom stereocenters. The fraction of sp³-hybridized carbons (Fsp3) is 0.857. The van der Waals surface area contributed by atoms with Gasteiger partial charge in [0.05, 0.1) is 5.92 Å². The highest BCUT2D eigenvalue weighted by molar-refractivity contribution is 5.91. The Labute approximate surface area is 117 Å². The minimum Gasteiger partial charge on any atom is -0.341 e. The summed E-state index contributed by atoms with van der Waals surface area (Å²) in [5.41, 5.74) is -1.58. The fourth-order valence-corrected chi connectivity index (χ4v) is 3.88. The molecule has 0 aromatic heterocycles. The second kappa shape index (κ2) is 4.23. The average molecular weight is 286 g/mol. The van der Waals surface area contributed by atoms with Crippen LogP contribution in [0, 0.1) is 17.3 Å². The molecule has 3 aliphatic rings. The van der Waals surface area contributed by atoms with Crippen LogP contribution in [-0.2, 0) is 9.59 Å². The molecule has 1 saturated carbocycles. The average Bonchev–Trinajstić information content (AvgIpc) is 2.76. The van der Waals surface area contributed by atoms with Gasteiger partial charge in [-0.1, -0.05) is 0 Å². The lowest BCUT2D eigenvalue weighted by Crippen LogP contribution is -2.44. The summed E-state index contributed by atoms with van der Waals surface area (Å²) in [6.07, 6.45) is 1.56. The van der Waals surface area contributed by atoms with Gasteiger partial charge in [0.25, 0.3) is 5.92 Å². The zero-order chi connectivity index (χ0) is 14.7. The Hall–Kier alpha value is -1.04. The van der Waals surface area contributed by atoms with Crippen molar-refractivity contribution in [3.8, 4) is 0 Å². The third-order valence-corrected chi connectivity index (χ3v) is 5.39. The number of halogens is 2. The number of carbonyl (C=O) groups excluding carboxylic acids is 2. The van der Waals surface area contributed by atoms with Crippen molar-refractivity contribution in [2.45, 2.75) is 25.7 Å². The van der Waals surface area contributed by atoms with Crippen molar-refractivity contribution in [3.63, 3.8) is 0 Å². The number of ketones is 1. The number of Topliss-reactive ketones (excluding diaryl/α,β-unsaturated/α-hetero) is 1. The van der Waals surface area contributed by atoms with Crippen molar-refractivity contribution < 1.29 is 18.4 Å². The van der Waals surface area contributed by atoms with Gasteiger partial charge in [-0.3, -0.25) is 9.59 Å². The first kappa shape index (κ1) is 13.9. The highest BCUT2D eigenvalue weighted by Gasteiger charge is 2.86. The molecule has 1 amide bonds. The van der Waals surface area contributed by atoms with Crippen LogP contribution in [-0.4, -0.2) is 60.6 Å². The summed E-state index contributed by atoms with van der Waals surface area (Å²) >= 11 is 0. The van der Waals surface area contributed by atoms with Gasteiger partial charge in [0.2, 0.25) is 5.91 Å². The highest BCUT2D eigenvalue weighted by atomic mass is 19.3. The summed E-state index contributed by atoms with van der Waals surface area (Å²) < 4.78 is 27.4. The van der Waals surface area contributed by atoms with E-state index in [1.54, 1.807) is 0 Å². The van der Waals surface area contributed by atoms with Crippen LogP contribution in [0.2, 0.25) is 0 Å². The number of hydrogen-bond acceptors (Lipinski definition) is 3. The molecule has 2 heterocycles. The Morgan fingerprint density at radius 3 is 2.30 bits per heavy atom. The number of fused-ring (bicyclic) bond motifs is 1. The molecule has 20 heavy (non-hydrogen) atoms. The van der Waals surface area contributed by atoms with Crippen molar-refractivity contribution in [1.29, 1.82) is 0 Å². The predicted octanol–water partition coefficient (Wildman–Crippen LogP) is 1.01. The third-order valence-electron chi connectivity index (χ3n) is 5.39. The van der Waals surface area contributed by atoms with Crippen LogP contribution in [0.15, 0.2) is 0 Å². The smallest absolute Gasteiger partial charge is 0.268 e. The number of alkyl halides is 2. The Balaban J connectivity index is 1.67. The van der Waals surface area contributed by atoms with Gasteiger partial charge in [-0.25, -0.2) is 8.78 Å². The van der Waals surface area contributed by atoms with Crippen molar-refractivity contribution in [3.05, 3.63) is 0 Å². The first-order valence-corrected chi connectivity index (χ1v) is 7.17. The summed E-state index contributed by atoms with van der Waals surface area (Å²) in [4.78, 5) is 27.7. The maximum absolute atomic E-state index is 13.7. The van der Waals surface area contributed by atoms with Crippen molar-refractivity contribution in [2.24, 2.45) is 17.3 Å². The molecule has 2 atom stereocenters. The number of carbonyl (C=O) groups is 2. The zero-order valence-electron chi connectivity index (χ0n) is 11.9. The van der Waals surface area contributed by atoms with Crippen LogP contribution in [0.1, 0.15) is 19.8 Å². The Morgan fingerprint density at radius 1 is 1.20 bits per heavy atom. The van der Waals surface area contributed by atoms with Crippen LogP contribution in [0.25, 0.3) is 0 Å². The van der Waals surface area contributed by atoms with E-state index in [-0.39, 0.29) is 24.9 Å². The number of hydrogen-bond donors (Lipinski definition) is 0. The second-order valence-corrected chi connectivity index (χ2v) is 6.50. The zero-order valence-corrected chi connectivity index (χ0v) is 11.9. The van der Waals surface area contributed by atoms with Crippen molar-refractivity contribution in [2.75, 3.05) is 33.2 Å². The summed E-state index contributed by atoms with van der Waals surface area (Å²) in [7, 11) is 2.01. The van der Waals surface area contributed by atoms with E-state index < -0.39 is 23.0 Å². The summed E-state index contributed by atoms with van der Waals surface area (Å²) in [5, 5.41) is 0. The summed E-state index contributed by atoms with van der Waals surface area (Å²) in [6.45, 7) is 2.89. The maximum Gasteiger partial charge on any atom is 0.268 e. The Morgan fingerprint density at radius 2 is 1.80 bits per heavy atom. The van der Waals surface area contributed by atoms with E-state index in [2.05, 4.69) is 4.90 Å². The van der Waals surface area contributed by atoms with Gasteiger partial charge in [0, 0.05) is 19.0 Å². The lowest BCUT2D eigenvalue weighted by molar-refractivity contribution is -0.139. The van der Waals surface area contributed by atoms with Gasteiger partial charge in [0.1, 0.15) is 11.2 Å². The van der Waals surface area contributed by atoms with E-state index in [1.165, 1.54) is 11.8 Å². The second-order valence-electron chi connectivity index (χ2n) is 6.50. The molecule has 0 aromatic rings. The van der Waals surface area contributed by atoms with Gasteiger partial charge < -0.3 is 9.80 Å². The quantitative estimate of drug-likeness (QED) is 0.761. The van der Waals surface area contributed by atoms with E-state index in [0.29, 0.717) is 0 Å². The van der Waals surface area contributed by atoms with E-state index in [1.807, 2.05) is 7.05 Å². The van der Waals surface area contributed by atoms with Gasteiger partial charge in [0.15, 0.2) is 0 Å². The fourth-order valence-electron chi connectivity index (χ4n) is 3.88. The van der Waals surface area contributed by atoms with Gasteiger partial charge in [-0.15, -0.1) is 0 Å². The van der Waals surface area contributed by atoms with Crippen LogP contribution < -0.4 is 0 Å². The van der Waals surface area contributed by atoms with Crippen LogP contribution in [0.3, 0.4) is 0 Å². The molecule has 0 aromatic carbocycles. The molecule has 1 aliphatic carbocycles. The molecule has 2 saturated heterocycles. The molecular weight excluding hydrogens is 266 g/mol. The molecule has 0 radical (unpaired) electrons. The predicted molar refractivity (Wildman–Crippen MR) is 68.4 cm³/mol. The minimum atomic E-state index is -2.91. The number of rotatable bonds is 2. The normalized spacial score (nSPS) is 36.8. The molecule has 3 fully saturated rings. The third kappa shape index (κ3) is 1.66. The van der Waals surface area contributed by atoms with E-state index in [4.69, 9.17) is 0 Å². The van der Waals surface area contributed by atoms with E-state index in [0.717, 1.165) is 25.9 Å². The Kier molecular flexibility index (Phi) is 2.94. The summed E-state index contributed by atoms with van der Waals surface area (Å²) in [6, 6.07) is 0. The first-order chi connectivity index (χ1) is 9.30. The highest BCUT2D eigenvalue weighted by Crippen LogP contribution is 2.70. The molecule has 6 heteroatoms. The number of amides is 1. The maximum atomic E-state index is 13.7. The lowest BCUT2D eigenvalue weighted by atomic mass is 9.95. The van der Waals surface area contributed by atoms with Crippen LogP contribution in [0.5, 0.6) is 0 Å². The lowest BCUT2D eigenvalue weighted by Gasteiger charge is -2.32. The minimum absolute atomic E-state index is 0.0394. The molecule has 3 rings (SSSR count). The molecule has 2 aliphatic heterocycles.